The minimum atomic E-state index is -0.817. The van der Waals surface area contributed by atoms with E-state index in [1.165, 1.54) is 0 Å². The third-order valence-corrected chi connectivity index (χ3v) is 2.87. The van der Waals surface area contributed by atoms with Crippen molar-refractivity contribution in [1.29, 1.82) is 0 Å². The molecule has 3 amide bonds. The number of β-amino-alcohol motifs (C(OH)–C–C–N with tert-alkyl or cyclic N) is 2. The number of rotatable bonds is 3. The van der Waals surface area contributed by atoms with Gasteiger partial charge >= 0.3 is 6.03 Å². The highest BCUT2D eigenvalue weighted by molar-refractivity contribution is 5.95. The fourth-order valence-corrected chi connectivity index (χ4v) is 1.79. The summed E-state index contributed by atoms with van der Waals surface area (Å²) in [6.07, 6.45) is 0.296. The van der Waals surface area contributed by atoms with Crippen LogP contribution in [0.5, 0.6) is 0 Å². The molecular weight excluding hydrogens is 226 g/mol. The first-order valence-electron chi connectivity index (χ1n) is 5.73. The zero-order valence-electron chi connectivity index (χ0n) is 9.43. The van der Waals surface area contributed by atoms with Gasteiger partial charge in [0.25, 0.3) is 0 Å². The van der Waals surface area contributed by atoms with Crippen LogP contribution in [0.3, 0.4) is 0 Å². The van der Waals surface area contributed by atoms with E-state index >= 15 is 0 Å². The molecule has 7 nitrogen and oxygen atoms in total. The molecule has 0 bridgehead atoms. The molecule has 0 aromatic heterocycles. The van der Waals surface area contributed by atoms with Gasteiger partial charge in [0.2, 0.25) is 5.91 Å². The van der Waals surface area contributed by atoms with Crippen LogP contribution in [0.15, 0.2) is 0 Å². The van der Waals surface area contributed by atoms with Gasteiger partial charge in [0.05, 0.1) is 18.8 Å². The van der Waals surface area contributed by atoms with Crippen molar-refractivity contribution >= 4 is 11.9 Å². The van der Waals surface area contributed by atoms with Crippen LogP contribution in [0, 0.1) is 0 Å². The highest BCUT2D eigenvalue weighted by Gasteiger charge is 2.31. The number of carbonyl (C=O) groups excluding carboxylic acids is 2. The Morgan fingerprint density at radius 1 is 1.18 bits per heavy atom. The van der Waals surface area contributed by atoms with Crippen LogP contribution < -0.4 is 10.6 Å². The normalized spacial score (nSPS) is 29.1. The van der Waals surface area contributed by atoms with E-state index in [9.17, 15) is 19.8 Å². The Morgan fingerprint density at radius 3 is 2.29 bits per heavy atom. The number of carbonyl (C=O) groups is 2. The summed E-state index contributed by atoms with van der Waals surface area (Å²) in [7, 11) is 0. The van der Waals surface area contributed by atoms with Gasteiger partial charge in [0.15, 0.2) is 0 Å². The average molecular weight is 243 g/mol. The molecule has 0 unspecified atom stereocenters. The summed E-state index contributed by atoms with van der Waals surface area (Å²) in [5.41, 5.74) is 0. The molecule has 0 aromatic rings. The molecule has 0 spiro atoms. The third-order valence-electron chi connectivity index (χ3n) is 2.87. The minimum absolute atomic E-state index is 0.00616. The molecular formula is C10H17N3O4. The van der Waals surface area contributed by atoms with E-state index < -0.39 is 24.1 Å². The maximum atomic E-state index is 11.4. The number of amides is 3. The van der Waals surface area contributed by atoms with Crippen molar-refractivity contribution in [3.63, 3.8) is 0 Å². The summed E-state index contributed by atoms with van der Waals surface area (Å²) in [4.78, 5) is 24.3. The maximum absolute atomic E-state index is 11.4. The smallest absolute Gasteiger partial charge is 0.321 e. The van der Waals surface area contributed by atoms with Gasteiger partial charge < -0.3 is 15.5 Å². The molecule has 0 aromatic carbocycles. The van der Waals surface area contributed by atoms with Gasteiger partial charge in [-0.2, -0.15) is 0 Å². The van der Waals surface area contributed by atoms with Crippen molar-refractivity contribution in [2.45, 2.75) is 31.1 Å². The number of imide groups is 1. The second kappa shape index (κ2) is 4.99. The van der Waals surface area contributed by atoms with Crippen LogP contribution in [-0.2, 0) is 4.79 Å². The highest BCUT2D eigenvalue weighted by Crippen LogP contribution is 2.18. The Balaban J connectivity index is 1.68. The van der Waals surface area contributed by atoms with Gasteiger partial charge in [0, 0.05) is 19.1 Å². The number of hydrogen-bond donors (Lipinski definition) is 4. The molecule has 1 aliphatic carbocycles. The lowest BCUT2D eigenvalue weighted by molar-refractivity contribution is -0.121. The van der Waals surface area contributed by atoms with E-state index in [1.807, 2.05) is 0 Å². The quantitative estimate of drug-likeness (QED) is 0.460. The van der Waals surface area contributed by atoms with Crippen molar-refractivity contribution in [2.24, 2.45) is 0 Å². The maximum Gasteiger partial charge on any atom is 0.321 e. The number of urea groups is 1. The average Bonchev–Trinajstić information content (AvgIpc) is 2.94. The predicted molar refractivity (Wildman–Crippen MR) is 58.2 cm³/mol. The van der Waals surface area contributed by atoms with Crippen LogP contribution in [0.2, 0.25) is 0 Å². The number of aliphatic hydroxyl groups excluding tert-OH is 2. The van der Waals surface area contributed by atoms with Gasteiger partial charge in [-0.1, -0.05) is 0 Å². The number of nitrogens with zero attached hydrogens (tertiary/aromatic N) is 1. The Bertz CT molecular complexity index is 309. The summed E-state index contributed by atoms with van der Waals surface area (Å²) in [5.74, 6) is -0.426. The first-order chi connectivity index (χ1) is 8.04. The number of nitrogens with one attached hydrogen (secondary N) is 2. The third kappa shape index (κ3) is 3.65. The standard InChI is InChI=1S/C10H17N3O4/c14-7-3-13(4-8(7)15)5-9(16)12-10(17)11-6-1-2-6/h6-8,14-15H,1-5H2,(H2,11,12,16,17)/t7-,8+. The van der Waals surface area contributed by atoms with Crippen molar-refractivity contribution in [2.75, 3.05) is 19.6 Å². The summed E-state index contributed by atoms with van der Waals surface area (Å²) >= 11 is 0. The molecule has 2 atom stereocenters. The summed E-state index contributed by atoms with van der Waals surface area (Å²) in [6, 6.07) is -0.268. The fourth-order valence-electron chi connectivity index (χ4n) is 1.79. The summed E-state index contributed by atoms with van der Waals surface area (Å²) in [5, 5.41) is 23.4. The molecule has 1 aliphatic heterocycles. The number of likely N-dealkylation sites (tertiary alicyclic amines) is 1. The second-order valence-electron chi connectivity index (χ2n) is 4.62. The highest BCUT2D eigenvalue weighted by atomic mass is 16.3. The zero-order chi connectivity index (χ0) is 12.4. The van der Waals surface area contributed by atoms with Gasteiger partial charge in [-0.15, -0.1) is 0 Å². The molecule has 96 valence electrons. The van der Waals surface area contributed by atoms with Gasteiger partial charge in [-0.3, -0.25) is 15.0 Å². The Hall–Kier alpha value is -1.18. The van der Waals surface area contributed by atoms with Crippen molar-refractivity contribution in [3.8, 4) is 0 Å². The second-order valence-corrected chi connectivity index (χ2v) is 4.62. The van der Waals surface area contributed by atoms with Crippen LogP contribution in [0.4, 0.5) is 4.79 Å². The van der Waals surface area contributed by atoms with Crippen LogP contribution >= 0.6 is 0 Å². The molecule has 1 saturated heterocycles. The van der Waals surface area contributed by atoms with E-state index in [-0.39, 0.29) is 25.7 Å². The van der Waals surface area contributed by atoms with E-state index in [0.717, 1.165) is 12.8 Å². The van der Waals surface area contributed by atoms with Gasteiger partial charge in [0.1, 0.15) is 0 Å². The summed E-state index contributed by atoms with van der Waals surface area (Å²) < 4.78 is 0. The SMILES string of the molecule is O=C(CN1C[C@@H](O)[C@@H](O)C1)NC(=O)NC1CC1. The van der Waals surface area contributed by atoms with E-state index in [1.54, 1.807) is 4.90 Å². The predicted octanol–water partition coefficient (Wildman–Crippen LogP) is -1.99. The number of hydrogen-bond acceptors (Lipinski definition) is 5. The topological polar surface area (TPSA) is 102 Å². The van der Waals surface area contributed by atoms with Crippen molar-refractivity contribution in [3.05, 3.63) is 0 Å². The Kier molecular flexibility index (Phi) is 3.60. The van der Waals surface area contributed by atoms with Crippen LogP contribution in [0.25, 0.3) is 0 Å². The molecule has 1 saturated carbocycles. The summed E-state index contributed by atoms with van der Waals surface area (Å²) in [6.45, 7) is 0.504. The molecule has 0 radical (unpaired) electrons. The zero-order valence-corrected chi connectivity index (χ0v) is 9.43. The lowest BCUT2D eigenvalue weighted by Crippen LogP contribution is -2.44. The molecule has 4 N–H and O–H groups in total. The van der Waals surface area contributed by atoms with Gasteiger partial charge in [-0.05, 0) is 12.8 Å². The molecule has 2 aliphatic rings. The van der Waals surface area contributed by atoms with E-state index in [0.29, 0.717) is 0 Å². The molecule has 2 rings (SSSR count). The number of aliphatic hydroxyl groups is 2. The Morgan fingerprint density at radius 2 is 1.76 bits per heavy atom. The van der Waals surface area contributed by atoms with E-state index in [4.69, 9.17) is 0 Å². The molecule has 1 heterocycles. The first kappa shape index (κ1) is 12.3. The molecule has 17 heavy (non-hydrogen) atoms. The minimum Gasteiger partial charge on any atom is -0.389 e. The Labute approximate surface area is 98.8 Å². The van der Waals surface area contributed by atoms with Gasteiger partial charge in [-0.25, -0.2) is 4.79 Å². The lowest BCUT2D eigenvalue weighted by atomic mass is 10.3. The van der Waals surface area contributed by atoms with Crippen molar-refractivity contribution in [1.82, 2.24) is 15.5 Å². The van der Waals surface area contributed by atoms with Crippen LogP contribution in [-0.4, -0.2) is 64.9 Å². The van der Waals surface area contributed by atoms with Crippen LogP contribution in [0.1, 0.15) is 12.8 Å². The first-order valence-corrected chi connectivity index (χ1v) is 5.73. The lowest BCUT2D eigenvalue weighted by Gasteiger charge is -2.13. The monoisotopic (exact) mass is 243 g/mol. The fraction of sp³-hybridized carbons (Fsp3) is 0.800. The molecule has 7 heteroatoms. The van der Waals surface area contributed by atoms with E-state index in [2.05, 4.69) is 10.6 Å². The largest absolute Gasteiger partial charge is 0.389 e. The molecule has 2 fully saturated rings. The van der Waals surface area contributed by atoms with Crippen molar-refractivity contribution < 1.29 is 19.8 Å².